The summed E-state index contributed by atoms with van der Waals surface area (Å²) in [5.74, 6) is -0.0116. The van der Waals surface area contributed by atoms with Crippen molar-refractivity contribution in [3.8, 4) is 11.3 Å². The van der Waals surface area contributed by atoms with Gasteiger partial charge in [-0.25, -0.2) is 4.98 Å². The molecule has 0 spiro atoms. The van der Waals surface area contributed by atoms with Gasteiger partial charge in [0.05, 0.1) is 21.4 Å². The maximum Gasteiger partial charge on any atom is 0.267 e. The molecule has 0 radical (unpaired) electrons. The van der Waals surface area contributed by atoms with Crippen LogP contribution in [0.3, 0.4) is 0 Å². The third kappa shape index (κ3) is 5.94. The fourth-order valence-corrected chi connectivity index (χ4v) is 5.43. The lowest BCUT2D eigenvalue weighted by atomic mass is 10.0. The van der Waals surface area contributed by atoms with Crippen molar-refractivity contribution in [2.45, 2.75) is 19.8 Å². The van der Waals surface area contributed by atoms with E-state index in [-0.39, 0.29) is 11.7 Å². The van der Waals surface area contributed by atoms with Gasteiger partial charge in [0.2, 0.25) is 0 Å². The summed E-state index contributed by atoms with van der Waals surface area (Å²) >= 11 is 13.4. The zero-order valence-corrected chi connectivity index (χ0v) is 24.1. The summed E-state index contributed by atoms with van der Waals surface area (Å²) in [5, 5.41) is 4.46. The number of halogens is 2. The normalized spacial score (nSPS) is 11.4. The Morgan fingerprint density at radius 1 is 0.925 bits per heavy atom. The number of anilines is 2. The first kappa shape index (κ1) is 27.6. The summed E-state index contributed by atoms with van der Waals surface area (Å²) in [7, 11) is 0. The van der Waals surface area contributed by atoms with Crippen LogP contribution in [-0.2, 0) is 0 Å². The van der Waals surface area contributed by atoms with Crippen molar-refractivity contribution in [1.82, 2.24) is 4.98 Å². The number of hydrogen-bond donors (Lipinski definition) is 2. The van der Waals surface area contributed by atoms with E-state index in [0.717, 1.165) is 11.1 Å². The van der Waals surface area contributed by atoms with E-state index in [2.05, 4.69) is 36.3 Å². The van der Waals surface area contributed by atoms with Gasteiger partial charge in [-0.3, -0.25) is 9.59 Å². The van der Waals surface area contributed by atoms with Crippen molar-refractivity contribution in [3.63, 3.8) is 0 Å². The number of allylic oxidation sites excluding steroid dienone is 1. The second-order valence-corrected chi connectivity index (χ2v) is 11.4. The van der Waals surface area contributed by atoms with Crippen LogP contribution in [-0.4, -0.2) is 16.7 Å². The van der Waals surface area contributed by atoms with E-state index in [1.807, 2.05) is 30.3 Å². The van der Waals surface area contributed by atoms with Crippen LogP contribution in [0.15, 0.2) is 84.9 Å². The Hall–Kier alpha value is -3.97. The molecule has 0 aliphatic rings. The smallest absolute Gasteiger partial charge is 0.267 e. The molecule has 5 aromatic rings. The SMILES string of the molecule is CC(C)c1ccc(C=CC(=O)c2ccc(NC(=O)c3sc4nc(-c5ccc(Cl)c(Cl)c5)ccc4c3N)cc2)cc1. The van der Waals surface area contributed by atoms with Gasteiger partial charge in [0.1, 0.15) is 9.71 Å². The van der Waals surface area contributed by atoms with Crippen LogP contribution in [0.1, 0.15) is 50.9 Å². The average molecular weight is 587 g/mol. The van der Waals surface area contributed by atoms with Gasteiger partial charge in [0.25, 0.3) is 5.91 Å². The third-order valence-electron chi connectivity index (χ3n) is 6.47. The molecular formula is C32H25Cl2N3O2S. The van der Waals surface area contributed by atoms with Crippen molar-refractivity contribution >= 4 is 73.9 Å². The van der Waals surface area contributed by atoms with Crippen LogP contribution in [0.2, 0.25) is 10.0 Å². The number of ketones is 1. The van der Waals surface area contributed by atoms with Crippen molar-refractivity contribution in [2.75, 3.05) is 11.1 Å². The predicted octanol–water partition coefficient (Wildman–Crippen LogP) is 9.12. The van der Waals surface area contributed by atoms with Crippen LogP contribution in [0.5, 0.6) is 0 Å². The zero-order valence-electron chi connectivity index (χ0n) is 21.7. The first-order valence-electron chi connectivity index (χ1n) is 12.6. The lowest BCUT2D eigenvalue weighted by Gasteiger charge is -2.05. The van der Waals surface area contributed by atoms with Gasteiger partial charge >= 0.3 is 0 Å². The molecule has 0 unspecified atom stereocenters. The van der Waals surface area contributed by atoms with E-state index in [9.17, 15) is 9.59 Å². The van der Waals surface area contributed by atoms with Gasteiger partial charge in [-0.1, -0.05) is 73.5 Å². The summed E-state index contributed by atoms with van der Waals surface area (Å²) in [5.41, 5.74) is 11.5. The minimum Gasteiger partial charge on any atom is -0.397 e. The number of benzene rings is 3. The molecule has 40 heavy (non-hydrogen) atoms. The molecule has 3 N–H and O–H groups in total. The number of nitrogens with two attached hydrogens (primary N) is 1. The Balaban J connectivity index is 1.28. The fourth-order valence-electron chi connectivity index (χ4n) is 4.15. The largest absolute Gasteiger partial charge is 0.397 e. The van der Waals surface area contributed by atoms with E-state index < -0.39 is 0 Å². The number of thiophene rings is 1. The summed E-state index contributed by atoms with van der Waals surface area (Å²) in [6, 6.07) is 23.9. The number of rotatable bonds is 7. The highest BCUT2D eigenvalue weighted by Gasteiger charge is 2.18. The molecule has 0 saturated heterocycles. The summed E-state index contributed by atoms with van der Waals surface area (Å²) in [6.07, 6.45) is 3.35. The second-order valence-electron chi connectivity index (χ2n) is 9.57. The number of nitrogen functional groups attached to an aromatic ring is 1. The molecule has 5 nitrogen and oxygen atoms in total. The molecule has 1 amide bonds. The molecule has 0 aliphatic carbocycles. The van der Waals surface area contributed by atoms with Crippen LogP contribution in [0.4, 0.5) is 11.4 Å². The minimum absolute atomic E-state index is 0.122. The maximum absolute atomic E-state index is 13.1. The lowest BCUT2D eigenvalue weighted by Crippen LogP contribution is -2.12. The fraction of sp³-hybridized carbons (Fsp3) is 0.0938. The number of carbonyl (C=O) groups is 2. The molecule has 5 rings (SSSR count). The minimum atomic E-state index is -0.347. The Morgan fingerprint density at radius 2 is 1.65 bits per heavy atom. The number of amides is 1. The Morgan fingerprint density at radius 3 is 2.33 bits per heavy atom. The lowest BCUT2D eigenvalue weighted by molar-refractivity contribution is 0.102. The summed E-state index contributed by atoms with van der Waals surface area (Å²) < 4.78 is 0. The Kier molecular flexibility index (Phi) is 8.03. The first-order valence-corrected chi connectivity index (χ1v) is 14.1. The average Bonchev–Trinajstić information content (AvgIpc) is 3.29. The first-order chi connectivity index (χ1) is 19.2. The number of pyridine rings is 1. The number of aromatic nitrogens is 1. The highest BCUT2D eigenvalue weighted by atomic mass is 35.5. The Bertz CT molecular complexity index is 1760. The standard InChI is InChI=1S/C32H25Cl2N3O2S/c1-18(2)20-6-3-19(4-7-20)5-16-28(38)21-8-11-23(12-9-21)36-31(39)30-29(35)24-13-15-27(37-32(24)40-30)22-10-14-25(33)26(34)17-22/h3-18H,35H2,1-2H3,(H,36,39). The van der Waals surface area contributed by atoms with Crippen LogP contribution >= 0.6 is 34.5 Å². The van der Waals surface area contributed by atoms with Crippen LogP contribution in [0.25, 0.3) is 27.6 Å². The molecule has 2 heterocycles. The van der Waals surface area contributed by atoms with Gasteiger partial charge in [0, 0.05) is 22.2 Å². The van der Waals surface area contributed by atoms with E-state index >= 15 is 0 Å². The molecule has 0 atom stereocenters. The topological polar surface area (TPSA) is 85.1 Å². The predicted molar refractivity (Wildman–Crippen MR) is 168 cm³/mol. The molecule has 8 heteroatoms. The third-order valence-corrected chi connectivity index (χ3v) is 8.33. The number of carbonyl (C=O) groups excluding carboxylic acids is 2. The molecule has 0 fully saturated rings. The zero-order chi connectivity index (χ0) is 28.4. The number of fused-ring (bicyclic) bond motifs is 1. The second kappa shape index (κ2) is 11.6. The molecule has 200 valence electrons. The highest BCUT2D eigenvalue weighted by molar-refractivity contribution is 7.21. The van der Waals surface area contributed by atoms with Crippen molar-refractivity contribution in [3.05, 3.63) is 117 Å². The van der Waals surface area contributed by atoms with Gasteiger partial charge in [0.15, 0.2) is 5.78 Å². The monoisotopic (exact) mass is 585 g/mol. The van der Waals surface area contributed by atoms with Gasteiger partial charge in [-0.2, -0.15) is 0 Å². The van der Waals surface area contributed by atoms with Gasteiger partial charge < -0.3 is 11.1 Å². The number of hydrogen-bond acceptors (Lipinski definition) is 5. The number of nitrogens with one attached hydrogen (secondary N) is 1. The van der Waals surface area contributed by atoms with Crippen molar-refractivity contribution in [2.24, 2.45) is 0 Å². The molecule has 0 saturated carbocycles. The summed E-state index contributed by atoms with van der Waals surface area (Å²) in [6.45, 7) is 4.29. The van der Waals surface area contributed by atoms with E-state index in [4.69, 9.17) is 28.9 Å². The molecule has 0 aliphatic heterocycles. The van der Waals surface area contributed by atoms with Crippen molar-refractivity contribution in [1.29, 1.82) is 0 Å². The summed E-state index contributed by atoms with van der Waals surface area (Å²) in [4.78, 5) is 31.4. The quantitative estimate of drug-likeness (QED) is 0.147. The number of nitrogens with zero attached hydrogens (tertiary/aromatic N) is 1. The Labute approximate surface area is 246 Å². The van der Waals surface area contributed by atoms with Gasteiger partial charge in [-0.05, 0) is 71.7 Å². The van der Waals surface area contributed by atoms with Crippen LogP contribution in [0, 0.1) is 0 Å². The molecule has 2 aromatic heterocycles. The van der Waals surface area contributed by atoms with E-state index in [1.165, 1.54) is 16.9 Å². The molecule has 0 bridgehead atoms. The molecule has 3 aromatic carbocycles. The molecular weight excluding hydrogens is 561 g/mol. The van der Waals surface area contributed by atoms with Crippen molar-refractivity contribution < 1.29 is 9.59 Å². The van der Waals surface area contributed by atoms with E-state index in [1.54, 1.807) is 48.6 Å². The highest BCUT2D eigenvalue weighted by Crippen LogP contribution is 2.35. The van der Waals surface area contributed by atoms with E-state index in [0.29, 0.717) is 53.7 Å². The maximum atomic E-state index is 13.1. The van der Waals surface area contributed by atoms with Gasteiger partial charge in [-0.15, -0.1) is 11.3 Å². The van der Waals surface area contributed by atoms with Crippen LogP contribution < -0.4 is 11.1 Å².